The maximum atomic E-state index is 12.2. The lowest BCUT2D eigenvalue weighted by atomic mass is 10.1. The largest absolute Gasteiger partial charge is 0.508 e. The van der Waals surface area contributed by atoms with Crippen molar-refractivity contribution in [3.8, 4) is 5.75 Å². The van der Waals surface area contributed by atoms with Crippen LogP contribution in [0.4, 0.5) is 0 Å². The Balaban J connectivity index is 2.23. The van der Waals surface area contributed by atoms with Crippen LogP contribution in [0.1, 0.15) is 23.2 Å². The highest BCUT2D eigenvalue weighted by Crippen LogP contribution is 2.21. The molecule has 1 saturated heterocycles. The molecule has 1 aliphatic rings. The summed E-state index contributed by atoms with van der Waals surface area (Å²) < 4.78 is 0. The molecule has 1 atom stereocenters. The van der Waals surface area contributed by atoms with Gasteiger partial charge < -0.3 is 15.7 Å². The van der Waals surface area contributed by atoms with Gasteiger partial charge in [-0.1, -0.05) is 18.3 Å². The molecule has 0 spiro atoms. The molecule has 90 valence electrons. The molecule has 0 bridgehead atoms. The maximum absolute atomic E-state index is 12.2. The third-order valence-corrected chi connectivity index (χ3v) is 3.21. The second kappa shape index (κ2) is 4.71. The number of benzene rings is 1. The van der Waals surface area contributed by atoms with Crippen molar-refractivity contribution in [1.82, 2.24) is 4.90 Å². The molecule has 0 radical (unpaired) electrons. The first kappa shape index (κ1) is 11.9. The molecule has 1 amide bonds. The van der Waals surface area contributed by atoms with E-state index in [2.05, 4.69) is 0 Å². The van der Waals surface area contributed by atoms with E-state index in [-0.39, 0.29) is 17.7 Å². The van der Waals surface area contributed by atoms with Crippen molar-refractivity contribution in [3.05, 3.63) is 29.8 Å². The van der Waals surface area contributed by atoms with Crippen molar-refractivity contribution in [1.29, 1.82) is 0 Å². The third kappa shape index (κ3) is 2.39. The van der Waals surface area contributed by atoms with Gasteiger partial charge in [0, 0.05) is 12.1 Å². The van der Waals surface area contributed by atoms with Gasteiger partial charge in [-0.2, -0.15) is 0 Å². The first-order valence-electron chi connectivity index (χ1n) is 5.49. The second-order valence-corrected chi connectivity index (χ2v) is 4.58. The van der Waals surface area contributed by atoms with Crippen LogP contribution in [0, 0.1) is 0 Å². The van der Waals surface area contributed by atoms with Crippen molar-refractivity contribution >= 4 is 23.1 Å². The van der Waals surface area contributed by atoms with E-state index in [4.69, 9.17) is 18.0 Å². The normalized spacial score (nSPS) is 19.3. The predicted octanol–water partition coefficient (Wildman–Crippen LogP) is 1.28. The lowest BCUT2D eigenvalue weighted by Crippen LogP contribution is -2.42. The Kier molecular flexibility index (Phi) is 3.28. The molecule has 3 N–H and O–H groups in total. The third-order valence-electron chi connectivity index (χ3n) is 2.94. The van der Waals surface area contributed by atoms with E-state index < -0.39 is 0 Å². The van der Waals surface area contributed by atoms with Crippen LogP contribution in [-0.2, 0) is 0 Å². The molecule has 2 rings (SSSR count). The minimum absolute atomic E-state index is 0.0851. The summed E-state index contributed by atoms with van der Waals surface area (Å²) in [5.74, 6) is -0.0434. The molecule has 5 heteroatoms. The molecule has 17 heavy (non-hydrogen) atoms. The molecule has 0 aromatic heterocycles. The molecule has 0 saturated carbocycles. The lowest BCUT2D eigenvalue weighted by Gasteiger charge is -2.23. The van der Waals surface area contributed by atoms with E-state index in [1.807, 2.05) is 0 Å². The molecular formula is C12H14N2O2S. The van der Waals surface area contributed by atoms with Crippen LogP contribution in [0.25, 0.3) is 0 Å². The van der Waals surface area contributed by atoms with Crippen LogP contribution in [0.15, 0.2) is 24.3 Å². The Bertz CT molecular complexity index is 462. The summed E-state index contributed by atoms with van der Waals surface area (Å²) >= 11 is 4.96. The smallest absolute Gasteiger partial charge is 0.254 e. The molecule has 1 aromatic carbocycles. The minimum Gasteiger partial charge on any atom is -0.508 e. The van der Waals surface area contributed by atoms with Crippen LogP contribution in [0.2, 0.25) is 0 Å². The Labute approximate surface area is 105 Å². The number of nitrogens with two attached hydrogens (primary N) is 1. The van der Waals surface area contributed by atoms with E-state index in [0.29, 0.717) is 17.1 Å². The molecule has 1 fully saturated rings. The van der Waals surface area contributed by atoms with E-state index >= 15 is 0 Å². The highest BCUT2D eigenvalue weighted by atomic mass is 32.1. The number of hydrogen-bond donors (Lipinski definition) is 2. The Hall–Kier alpha value is -1.62. The first-order valence-corrected chi connectivity index (χ1v) is 5.90. The van der Waals surface area contributed by atoms with E-state index in [9.17, 15) is 9.90 Å². The van der Waals surface area contributed by atoms with Crippen molar-refractivity contribution in [2.45, 2.75) is 18.9 Å². The highest BCUT2D eigenvalue weighted by Gasteiger charge is 2.31. The maximum Gasteiger partial charge on any atom is 0.254 e. The molecule has 4 nitrogen and oxygen atoms in total. The van der Waals surface area contributed by atoms with Gasteiger partial charge in [0.2, 0.25) is 0 Å². The van der Waals surface area contributed by atoms with Gasteiger partial charge in [0.25, 0.3) is 5.91 Å². The lowest BCUT2D eigenvalue weighted by molar-refractivity contribution is 0.0770. The summed E-state index contributed by atoms with van der Waals surface area (Å²) in [6.07, 6.45) is 1.73. The van der Waals surface area contributed by atoms with Gasteiger partial charge in [0.1, 0.15) is 5.75 Å². The van der Waals surface area contributed by atoms with Crippen molar-refractivity contribution < 1.29 is 9.90 Å². The SMILES string of the molecule is NC(=S)C1CCCN1C(=O)c1cccc(O)c1. The number of carbonyl (C=O) groups excluding carboxylic acids is 1. The topological polar surface area (TPSA) is 66.6 Å². The number of aromatic hydroxyl groups is 1. The van der Waals surface area contributed by atoms with E-state index in [1.54, 1.807) is 17.0 Å². The van der Waals surface area contributed by atoms with Crippen molar-refractivity contribution in [3.63, 3.8) is 0 Å². The average molecular weight is 250 g/mol. The highest BCUT2D eigenvalue weighted by molar-refractivity contribution is 7.80. The fraction of sp³-hybridized carbons (Fsp3) is 0.333. The van der Waals surface area contributed by atoms with Crippen LogP contribution in [0.5, 0.6) is 5.75 Å². The molecule has 1 aliphatic heterocycles. The number of amides is 1. The van der Waals surface area contributed by atoms with Crippen LogP contribution < -0.4 is 5.73 Å². The van der Waals surface area contributed by atoms with Crippen molar-refractivity contribution in [2.24, 2.45) is 5.73 Å². The molecule has 1 heterocycles. The Morgan fingerprint density at radius 3 is 2.94 bits per heavy atom. The number of hydrogen-bond acceptors (Lipinski definition) is 3. The van der Waals surface area contributed by atoms with Gasteiger partial charge >= 0.3 is 0 Å². The van der Waals surface area contributed by atoms with E-state index in [1.165, 1.54) is 12.1 Å². The van der Waals surface area contributed by atoms with Gasteiger partial charge in [-0.3, -0.25) is 4.79 Å². The second-order valence-electron chi connectivity index (χ2n) is 4.11. The van der Waals surface area contributed by atoms with Gasteiger partial charge in [0.15, 0.2) is 0 Å². The molecule has 1 unspecified atom stereocenters. The zero-order valence-electron chi connectivity index (χ0n) is 9.30. The summed E-state index contributed by atoms with van der Waals surface area (Å²) in [5.41, 5.74) is 6.09. The van der Waals surface area contributed by atoms with Gasteiger partial charge in [-0.05, 0) is 31.0 Å². The minimum atomic E-state index is -0.153. The predicted molar refractivity (Wildman–Crippen MR) is 69.0 cm³/mol. The summed E-state index contributed by atoms with van der Waals surface area (Å²) in [7, 11) is 0. The number of thiocarbonyl (C=S) groups is 1. The van der Waals surface area contributed by atoms with Gasteiger partial charge in [-0.25, -0.2) is 0 Å². The number of rotatable bonds is 2. The number of phenols is 1. The summed E-state index contributed by atoms with van der Waals surface area (Å²) in [4.78, 5) is 14.2. The number of likely N-dealkylation sites (tertiary alicyclic amines) is 1. The van der Waals surface area contributed by atoms with Crippen LogP contribution >= 0.6 is 12.2 Å². The number of phenolic OH excluding ortho intramolecular Hbond substituents is 1. The van der Waals surface area contributed by atoms with Gasteiger partial charge in [-0.15, -0.1) is 0 Å². The van der Waals surface area contributed by atoms with Gasteiger partial charge in [0.05, 0.1) is 11.0 Å². The fourth-order valence-electron chi connectivity index (χ4n) is 2.11. The van der Waals surface area contributed by atoms with E-state index in [0.717, 1.165) is 12.8 Å². The Morgan fingerprint density at radius 2 is 2.29 bits per heavy atom. The molecule has 0 aliphatic carbocycles. The van der Waals surface area contributed by atoms with Crippen LogP contribution in [-0.4, -0.2) is 33.5 Å². The van der Waals surface area contributed by atoms with Crippen molar-refractivity contribution in [2.75, 3.05) is 6.54 Å². The number of carbonyl (C=O) groups is 1. The average Bonchev–Trinajstić information content (AvgIpc) is 2.77. The monoisotopic (exact) mass is 250 g/mol. The molecular weight excluding hydrogens is 236 g/mol. The number of nitrogens with zero attached hydrogens (tertiary/aromatic N) is 1. The summed E-state index contributed by atoms with van der Waals surface area (Å²) in [6, 6.07) is 6.16. The van der Waals surface area contributed by atoms with Crippen LogP contribution in [0.3, 0.4) is 0 Å². The Morgan fingerprint density at radius 1 is 1.53 bits per heavy atom. The zero-order valence-corrected chi connectivity index (χ0v) is 10.1. The summed E-state index contributed by atoms with van der Waals surface area (Å²) in [6.45, 7) is 0.663. The quantitative estimate of drug-likeness (QED) is 0.776. The first-order chi connectivity index (χ1) is 8.09. The molecule has 1 aromatic rings. The summed E-state index contributed by atoms with van der Waals surface area (Å²) in [5, 5.41) is 9.36. The standard InChI is InChI=1S/C12H14N2O2S/c13-11(17)10-5-2-6-14(10)12(16)8-3-1-4-9(15)7-8/h1,3-4,7,10,15H,2,5-6H2,(H2,13,17). The zero-order chi connectivity index (χ0) is 12.4. The fourth-order valence-corrected chi connectivity index (χ4v) is 2.36.